The van der Waals surface area contributed by atoms with E-state index in [1.807, 2.05) is 59.3 Å². The van der Waals surface area contributed by atoms with E-state index in [1.165, 1.54) is 5.56 Å². The van der Waals surface area contributed by atoms with Crippen LogP contribution in [0.2, 0.25) is 5.02 Å². The standard InChI is InChI=1S/C28H22ClN5/c1-19-11-17-23(18-12-19)33-26(20-13-15-22(29)16-14-20)28(30-27(33)21-7-3-2-4-8-21)34-25-10-6-5-9-24(25)31-32-34/h2-18,26,28H,1H3. The number of fused-ring (bicyclic) bond motifs is 1. The van der Waals surface area contributed by atoms with E-state index < -0.39 is 0 Å². The molecular weight excluding hydrogens is 442 g/mol. The van der Waals surface area contributed by atoms with Gasteiger partial charge < -0.3 is 4.90 Å². The third-order valence-corrected chi connectivity index (χ3v) is 6.48. The van der Waals surface area contributed by atoms with Crippen LogP contribution < -0.4 is 4.90 Å². The van der Waals surface area contributed by atoms with Crippen LogP contribution in [0.3, 0.4) is 0 Å². The van der Waals surface area contributed by atoms with E-state index in [2.05, 4.69) is 70.7 Å². The number of benzene rings is 4. The number of hydrogen-bond acceptors (Lipinski definition) is 4. The number of aromatic nitrogens is 3. The molecule has 1 aromatic heterocycles. The number of aryl methyl sites for hydroxylation is 1. The Morgan fingerprint density at radius 3 is 2.24 bits per heavy atom. The minimum atomic E-state index is -0.315. The van der Waals surface area contributed by atoms with Crippen LogP contribution in [0.15, 0.2) is 108 Å². The molecule has 0 bridgehead atoms. The van der Waals surface area contributed by atoms with Crippen LogP contribution in [0.25, 0.3) is 11.0 Å². The van der Waals surface area contributed by atoms with Crippen molar-refractivity contribution in [2.75, 3.05) is 4.90 Å². The summed E-state index contributed by atoms with van der Waals surface area (Å²) < 4.78 is 1.94. The Morgan fingerprint density at radius 1 is 0.765 bits per heavy atom. The summed E-state index contributed by atoms with van der Waals surface area (Å²) in [7, 11) is 0. The minimum Gasteiger partial charge on any atom is -0.314 e. The number of para-hydroxylation sites is 1. The van der Waals surface area contributed by atoms with E-state index in [0.717, 1.165) is 33.7 Å². The molecule has 2 unspecified atom stereocenters. The molecule has 2 atom stereocenters. The molecule has 6 rings (SSSR count). The molecule has 2 heterocycles. The summed E-state index contributed by atoms with van der Waals surface area (Å²) in [5, 5.41) is 9.67. The zero-order valence-corrected chi connectivity index (χ0v) is 19.3. The number of nitrogens with zero attached hydrogens (tertiary/aromatic N) is 5. The predicted molar refractivity (Wildman–Crippen MR) is 137 cm³/mol. The summed E-state index contributed by atoms with van der Waals surface area (Å²) in [6.45, 7) is 2.10. The second kappa shape index (κ2) is 8.43. The second-order valence-corrected chi connectivity index (χ2v) is 8.89. The van der Waals surface area contributed by atoms with Crippen molar-refractivity contribution in [3.63, 3.8) is 0 Å². The molecule has 1 aliphatic heterocycles. The quantitative estimate of drug-likeness (QED) is 0.301. The van der Waals surface area contributed by atoms with Crippen molar-refractivity contribution in [1.82, 2.24) is 15.0 Å². The van der Waals surface area contributed by atoms with Gasteiger partial charge in [0, 0.05) is 16.3 Å². The van der Waals surface area contributed by atoms with Crippen molar-refractivity contribution in [2.45, 2.75) is 19.1 Å². The highest BCUT2D eigenvalue weighted by molar-refractivity contribution is 6.30. The highest BCUT2D eigenvalue weighted by Gasteiger charge is 2.41. The van der Waals surface area contributed by atoms with Gasteiger partial charge in [-0.25, -0.2) is 9.67 Å². The Bertz CT molecular complexity index is 1470. The van der Waals surface area contributed by atoms with Gasteiger partial charge in [-0.1, -0.05) is 89.1 Å². The van der Waals surface area contributed by atoms with E-state index >= 15 is 0 Å². The fraction of sp³-hybridized carbons (Fsp3) is 0.107. The smallest absolute Gasteiger partial charge is 0.171 e. The highest BCUT2D eigenvalue weighted by Crippen LogP contribution is 2.44. The van der Waals surface area contributed by atoms with Gasteiger partial charge in [-0.3, -0.25) is 0 Å². The van der Waals surface area contributed by atoms with Gasteiger partial charge in [0.2, 0.25) is 0 Å². The van der Waals surface area contributed by atoms with Gasteiger partial charge in [0.1, 0.15) is 17.4 Å². The minimum absolute atomic E-state index is 0.139. The van der Waals surface area contributed by atoms with Gasteiger partial charge in [-0.15, -0.1) is 5.10 Å². The molecule has 166 valence electrons. The monoisotopic (exact) mass is 463 g/mol. The lowest BCUT2D eigenvalue weighted by Gasteiger charge is -2.31. The average Bonchev–Trinajstić information content (AvgIpc) is 3.47. The van der Waals surface area contributed by atoms with Crippen molar-refractivity contribution in [3.8, 4) is 0 Å². The first-order valence-electron chi connectivity index (χ1n) is 11.2. The number of hydrogen-bond donors (Lipinski definition) is 0. The first kappa shape index (κ1) is 20.6. The van der Waals surface area contributed by atoms with Gasteiger partial charge >= 0.3 is 0 Å². The van der Waals surface area contributed by atoms with Crippen molar-refractivity contribution in [1.29, 1.82) is 0 Å². The molecule has 6 heteroatoms. The third kappa shape index (κ3) is 3.55. The number of anilines is 1. The van der Waals surface area contributed by atoms with Crippen molar-refractivity contribution < 1.29 is 0 Å². The van der Waals surface area contributed by atoms with Gasteiger partial charge in [-0.05, 0) is 48.9 Å². The molecule has 0 radical (unpaired) electrons. The topological polar surface area (TPSA) is 46.3 Å². The number of amidine groups is 1. The van der Waals surface area contributed by atoms with Crippen LogP contribution in [-0.2, 0) is 0 Å². The Balaban J connectivity index is 1.60. The van der Waals surface area contributed by atoms with Gasteiger partial charge in [0.25, 0.3) is 0 Å². The highest BCUT2D eigenvalue weighted by atomic mass is 35.5. The summed E-state index contributed by atoms with van der Waals surface area (Å²) in [5.41, 5.74) is 6.23. The molecule has 34 heavy (non-hydrogen) atoms. The summed E-state index contributed by atoms with van der Waals surface area (Å²) in [5.74, 6) is 0.897. The Morgan fingerprint density at radius 2 is 1.47 bits per heavy atom. The van der Waals surface area contributed by atoms with Crippen molar-refractivity contribution in [2.24, 2.45) is 4.99 Å². The lowest BCUT2D eigenvalue weighted by atomic mass is 10.0. The molecule has 0 spiro atoms. The largest absolute Gasteiger partial charge is 0.314 e. The fourth-order valence-electron chi connectivity index (χ4n) is 4.56. The lowest BCUT2D eigenvalue weighted by molar-refractivity contribution is 0.423. The van der Waals surface area contributed by atoms with Crippen LogP contribution in [0, 0.1) is 6.92 Å². The maximum atomic E-state index is 6.26. The molecule has 5 aromatic rings. The zero-order chi connectivity index (χ0) is 23.1. The lowest BCUT2D eigenvalue weighted by Crippen LogP contribution is -2.33. The maximum absolute atomic E-state index is 6.26. The Labute approximate surface area is 202 Å². The third-order valence-electron chi connectivity index (χ3n) is 6.23. The van der Waals surface area contributed by atoms with E-state index in [0.29, 0.717) is 5.02 Å². The van der Waals surface area contributed by atoms with E-state index in [1.54, 1.807) is 0 Å². The molecule has 0 amide bonds. The molecule has 0 N–H and O–H groups in total. The SMILES string of the molecule is Cc1ccc(N2C(c3ccccc3)=NC(n3nnc4ccccc43)C2c2ccc(Cl)cc2)cc1. The molecule has 5 nitrogen and oxygen atoms in total. The van der Waals surface area contributed by atoms with E-state index in [9.17, 15) is 0 Å². The zero-order valence-electron chi connectivity index (χ0n) is 18.6. The van der Waals surface area contributed by atoms with Crippen LogP contribution >= 0.6 is 11.6 Å². The summed E-state index contributed by atoms with van der Waals surface area (Å²) in [6, 6.07) is 34.7. The molecule has 0 saturated carbocycles. The molecule has 4 aromatic carbocycles. The number of rotatable bonds is 4. The van der Waals surface area contributed by atoms with Crippen molar-refractivity contribution in [3.05, 3.63) is 125 Å². The van der Waals surface area contributed by atoms with Crippen LogP contribution in [0.4, 0.5) is 5.69 Å². The Hall–Kier alpha value is -3.96. The summed E-state index contributed by atoms with van der Waals surface area (Å²) >= 11 is 6.26. The molecule has 0 fully saturated rings. The van der Waals surface area contributed by atoms with Gasteiger partial charge in [0.15, 0.2) is 6.17 Å². The van der Waals surface area contributed by atoms with Crippen LogP contribution in [0.1, 0.15) is 28.9 Å². The first-order valence-corrected chi connectivity index (χ1v) is 11.6. The van der Waals surface area contributed by atoms with Gasteiger partial charge in [-0.2, -0.15) is 0 Å². The fourth-order valence-corrected chi connectivity index (χ4v) is 4.69. The summed E-state index contributed by atoms with van der Waals surface area (Å²) in [6.07, 6.45) is -0.315. The number of aliphatic imine (C=N–C) groups is 1. The van der Waals surface area contributed by atoms with Gasteiger partial charge in [0.05, 0.1) is 5.52 Å². The Kier molecular flexibility index (Phi) is 5.12. The average molecular weight is 464 g/mol. The first-order chi connectivity index (χ1) is 16.7. The maximum Gasteiger partial charge on any atom is 0.171 e. The molecular formula is C28H22ClN5. The van der Waals surface area contributed by atoms with E-state index in [-0.39, 0.29) is 12.2 Å². The predicted octanol–water partition coefficient (Wildman–Crippen LogP) is 6.60. The summed E-state index contributed by atoms with van der Waals surface area (Å²) in [4.78, 5) is 7.59. The second-order valence-electron chi connectivity index (χ2n) is 8.46. The normalized spacial score (nSPS) is 17.8. The molecule has 0 aliphatic carbocycles. The van der Waals surface area contributed by atoms with Crippen LogP contribution in [0.5, 0.6) is 0 Å². The van der Waals surface area contributed by atoms with Crippen molar-refractivity contribution >= 4 is 34.2 Å². The molecule has 1 aliphatic rings. The number of halogens is 1. The molecule has 0 saturated heterocycles. The van der Waals surface area contributed by atoms with Crippen LogP contribution in [-0.4, -0.2) is 20.8 Å². The van der Waals surface area contributed by atoms with E-state index in [4.69, 9.17) is 16.6 Å².